The van der Waals surface area contributed by atoms with Gasteiger partial charge in [-0.15, -0.1) is 0 Å². The van der Waals surface area contributed by atoms with E-state index in [0.717, 1.165) is 0 Å². The Morgan fingerprint density at radius 2 is 1.47 bits per heavy atom. The average Bonchev–Trinajstić information content (AvgIpc) is 2.71. The molecule has 4 nitrogen and oxygen atoms in total. The van der Waals surface area contributed by atoms with E-state index in [2.05, 4.69) is 13.8 Å². The van der Waals surface area contributed by atoms with Gasteiger partial charge in [0.15, 0.2) is 0 Å². The van der Waals surface area contributed by atoms with Crippen molar-refractivity contribution in [1.82, 2.24) is 0 Å². The Bertz CT molecular complexity index is 405. The molecule has 0 amide bonds. The molecular formula is C15H26O4. The molecule has 0 unspecified atom stereocenters. The van der Waals surface area contributed by atoms with E-state index in [9.17, 15) is 20.4 Å². The first-order valence-electron chi connectivity index (χ1n) is 7.37. The largest absolute Gasteiger partial charge is 0.390 e. The van der Waals surface area contributed by atoms with Crippen LogP contribution in [0.2, 0.25) is 0 Å². The van der Waals surface area contributed by atoms with Crippen LogP contribution in [-0.2, 0) is 0 Å². The molecule has 0 saturated heterocycles. The van der Waals surface area contributed by atoms with E-state index in [-0.39, 0.29) is 23.2 Å². The Kier molecular flexibility index (Phi) is 2.57. The van der Waals surface area contributed by atoms with E-state index in [1.54, 1.807) is 0 Å². The van der Waals surface area contributed by atoms with Crippen LogP contribution in [0.5, 0.6) is 0 Å². The fraction of sp³-hybridized carbons (Fsp3) is 1.00. The van der Waals surface area contributed by atoms with Gasteiger partial charge in [-0.3, -0.25) is 0 Å². The van der Waals surface area contributed by atoms with Crippen LogP contribution >= 0.6 is 0 Å². The van der Waals surface area contributed by atoms with E-state index in [0.29, 0.717) is 18.8 Å². The maximum Gasteiger partial charge on any atom is 0.125 e. The normalized spacial score (nSPS) is 63.2. The summed E-state index contributed by atoms with van der Waals surface area (Å²) in [4.78, 5) is 0. The van der Waals surface area contributed by atoms with Crippen LogP contribution in [0, 0.1) is 29.1 Å². The third-order valence-electron chi connectivity index (χ3n) is 6.69. The van der Waals surface area contributed by atoms with Crippen molar-refractivity contribution in [3.63, 3.8) is 0 Å². The highest BCUT2D eigenvalue weighted by Gasteiger charge is 2.76. The van der Waals surface area contributed by atoms with E-state index in [1.165, 1.54) is 6.92 Å². The Labute approximate surface area is 114 Å². The molecule has 0 radical (unpaired) electrons. The van der Waals surface area contributed by atoms with Crippen LogP contribution in [0.3, 0.4) is 0 Å². The van der Waals surface area contributed by atoms with Crippen LogP contribution in [0.1, 0.15) is 40.5 Å². The van der Waals surface area contributed by atoms with Crippen LogP contribution in [0.25, 0.3) is 0 Å². The highest BCUT2D eigenvalue weighted by molar-refractivity contribution is 5.25. The number of aliphatic hydroxyl groups excluding tert-OH is 2. The van der Waals surface area contributed by atoms with Gasteiger partial charge in [-0.1, -0.05) is 20.8 Å². The molecule has 0 heterocycles. The third kappa shape index (κ3) is 1.39. The Balaban J connectivity index is 2.11. The molecule has 4 heteroatoms. The molecule has 4 N–H and O–H groups in total. The van der Waals surface area contributed by atoms with E-state index >= 15 is 0 Å². The summed E-state index contributed by atoms with van der Waals surface area (Å²) in [6.45, 7) is 7.83. The Hall–Kier alpha value is -0.160. The lowest BCUT2D eigenvalue weighted by Gasteiger charge is -2.47. The van der Waals surface area contributed by atoms with Crippen molar-refractivity contribution in [3.8, 4) is 0 Å². The van der Waals surface area contributed by atoms with E-state index in [4.69, 9.17) is 0 Å². The molecule has 3 fully saturated rings. The first kappa shape index (κ1) is 13.8. The van der Waals surface area contributed by atoms with Gasteiger partial charge in [0.1, 0.15) is 11.2 Å². The average molecular weight is 270 g/mol. The summed E-state index contributed by atoms with van der Waals surface area (Å²) in [6, 6.07) is 0. The first-order chi connectivity index (χ1) is 8.56. The summed E-state index contributed by atoms with van der Waals surface area (Å²) in [7, 11) is 0. The maximum atomic E-state index is 11.1. The van der Waals surface area contributed by atoms with Crippen molar-refractivity contribution < 1.29 is 20.4 Å². The molecule has 3 saturated carbocycles. The predicted octanol–water partition coefficient (Wildman–Crippen LogP) is 0.522. The second-order valence-corrected chi connectivity index (χ2v) is 7.93. The molecule has 19 heavy (non-hydrogen) atoms. The molecule has 8 atom stereocenters. The molecule has 3 aliphatic rings. The molecule has 0 aromatic heterocycles. The minimum absolute atomic E-state index is 0.0778. The van der Waals surface area contributed by atoms with Crippen molar-refractivity contribution in [1.29, 1.82) is 0 Å². The summed E-state index contributed by atoms with van der Waals surface area (Å²) in [6.07, 6.45) is -0.962. The molecule has 3 rings (SSSR count). The molecule has 0 spiro atoms. The van der Waals surface area contributed by atoms with Crippen molar-refractivity contribution in [2.24, 2.45) is 29.1 Å². The zero-order chi connectivity index (χ0) is 14.4. The van der Waals surface area contributed by atoms with Crippen molar-refractivity contribution in [2.75, 3.05) is 0 Å². The van der Waals surface area contributed by atoms with Gasteiger partial charge in [0, 0.05) is 0 Å². The lowest BCUT2D eigenvalue weighted by atomic mass is 9.69. The fourth-order valence-electron chi connectivity index (χ4n) is 5.32. The SMILES string of the molecule is C[C@@H]1C[C@@H](O)[C@]2(O)[C@@H]1[C@H]1[C@@H](C[C@H](O)[C@]2(C)O)C1(C)C. The molecule has 0 aromatic rings. The van der Waals surface area contributed by atoms with Gasteiger partial charge in [-0.2, -0.15) is 0 Å². The van der Waals surface area contributed by atoms with Gasteiger partial charge in [0.05, 0.1) is 12.2 Å². The zero-order valence-corrected chi connectivity index (χ0v) is 12.2. The molecule has 0 aromatic carbocycles. The minimum atomic E-state index is -1.65. The number of hydrogen-bond donors (Lipinski definition) is 4. The summed E-state index contributed by atoms with van der Waals surface area (Å²) < 4.78 is 0. The van der Waals surface area contributed by atoms with Gasteiger partial charge >= 0.3 is 0 Å². The fourth-order valence-corrected chi connectivity index (χ4v) is 5.32. The molecule has 3 aliphatic carbocycles. The van der Waals surface area contributed by atoms with Crippen LogP contribution in [0.15, 0.2) is 0 Å². The number of aliphatic hydroxyl groups is 4. The van der Waals surface area contributed by atoms with Crippen molar-refractivity contribution >= 4 is 0 Å². The second-order valence-electron chi connectivity index (χ2n) is 7.93. The number of hydrogen-bond acceptors (Lipinski definition) is 4. The lowest BCUT2D eigenvalue weighted by molar-refractivity contribution is -0.239. The third-order valence-corrected chi connectivity index (χ3v) is 6.69. The summed E-state index contributed by atoms with van der Waals surface area (Å²) >= 11 is 0. The van der Waals surface area contributed by atoms with Crippen molar-refractivity contribution in [3.05, 3.63) is 0 Å². The second kappa shape index (κ2) is 3.53. The summed E-state index contributed by atoms with van der Waals surface area (Å²) in [5.74, 6) is 0.606. The topological polar surface area (TPSA) is 80.9 Å². The van der Waals surface area contributed by atoms with Gasteiger partial charge < -0.3 is 20.4 Å². The van der Waals surface area contributed by atoms with Crippen LogP contribution in [-0.4, -0.2) is 43.8 Å². The summed E-state index contributed by atoms with van der Waals surface area (Å²) in [5, 5.41) is 42.4. The molecule has 0 bridgehead atoms. The number of fused-ring (bicyclic) bond motifs is 3. The number of rotatable bonds is 0. The lowest BCUT2D eigenvalue weighted by Crippen LogP contribution is -2.66. The quantitative estimate of drug-likeness (QED) is 0.517. The molecular weight excluding hydrogens is 244 g/mol. The van der Waals surface area contributed by atoms with Gasteiger partial charge in [-0.25, -0.2) is 0 Å². The van der Waals surface area contributed by atoms with Crippen LogP contribution < -0.4 is 0 Å². The molecule has 110 valence electrons. The zero-order valence-electron chi connectivity index (χ0n) is 12.2. The van der Waals surface area contributed by atoms with E-state index in [1.807, 2.05) is 6.92 Å². The van der Waals surface area contributed by atoms with Gasteiger partial charge in [0.25, 0.3) is 0 Å². The smallest absolute Gasteiger partial charge is 0.125 e. The highest BCUT2D eigenvalue weighted by atomic mass is 16.4. The Morgan fingerprint density at radius 1 is 0.895 bits per heavy atom. The summed E-state index contributed by atoms with van der Waals surface area (Å²) in [5.41, 5.74) is -3.17. The Morgan fingerprint density at radius 3 is 2.05 bits per heavy atom. The predicted molar refractivity (Wildman–Crippen MR) is 70.2 cm³/mol. The monoisotopic (exact) mass is 270 g/mol. The van der Waals surface area contributed by atoms with Crippen molar-refractivity contribution in [2.45, 2.75) is 63.9 Å². The highest BCUT2D eigenvalue weighted by Crippen LogP contribution is 2.72. The maximum absolute atomic E-state index is 11.1. The van der Waals surface area contributed by atoms with Gasteiger partial charge in [0.2, 0.25) is 0 Å². The molecule has 0 aliphatic heterocycles. The minimum Gasteiger partial charge on any atom is -0.390 e. The first-order valence-corrected chi connectivity index (χ1v) is 7.37. The van der Waals surface area contributed by atoms with E-state index < -0.39 is 23.4 Å². The van der Waals surface area contributed by atoms with Crippen LogP contribution in [0.4, 0.5) is 0 Å². The standard InChI is InChI=1S/C15H26O4/c1-7-5-10(17)15(19)11(7)12-8(13(12,2)3)6-9(16)14(15,4)18/h7-12,16-19H,5-6H2,1-4H3/t7-,8-,9+,10-,11+,12-,14+,15+/m1/s1. The van der Waals surface area contributed by atoms with Gasteiger partial charge in [-0.05, 0) is 48.9 Å².